The third-order valence-electron chi connectivity index (χ3n) is 6.91. The fourth-order valence-electron chi connectivity index (χ4n) is 4.20. The first-order valence-corrected chi connectivity index (χ1v) is 11.2. The molecule has 0 saturated heterocycles. The summed E-state index contributed by atoms with van der Waals surface area (Å²) < 4.78 is 10.9. The average Bonchev–Trinajstić information content (AvgIpc) is 2.77. The summed E-state index contributed by atoms with van der Waals surface area (Å²) in [5, 5.41) is 0. The molecule has 0 fully saturated rings. The number of hydrogen-bond acceptors (Lipinski definition) is 4. The van der Waals surface area contributed by atoms with Crippen LogP contribution in [0.3, 0.4) is 0 Å². The number of carbonyl (C=O) groups is 1. The maximum absolute atomic E-state index is 12.5. The lowest BCUT2D eigenvalue weighted by Gasteiger charge is -2.34. The Morgan fingerprint density at radius 2 is 1.58 bits per heavy atom. The molecule has 0 spiro atoms. The monoisotopic (exact) mass is 425 g/mol. The Labute approximate surface area is 188 Å². The van der Waals surface area contributed by atoms with Crippen molar-refractivity contribution in [3.63, 3.8) is 0 Å². The number of nitrogens with zero attached hydrogens (tertiary/aromatic N) is 1. The molecule has 0 aliphatic rings. The number of carbonyl (C=O) groups excluding carboxylic acids is 1. The lowest BCUT2D eigenvalue weighted by atomic mass is 9.69. The van der Waals surface area contributed by atoms with Crippen molar-refractivity contribution in [1.82, 2.24) is 4.90 Å². The van der Waals surface area contributed by atoms with Crippen LogP contribution in [0.25, 0.3) is 0 Å². The first kappa shape index (κ1) is 24.9. The van der Waals surface area contributed by atoms with E-state index in [1.165, 1.54) is 16.7 Å². The van der Waals surface area contributed by atoms with Gasteiger partial charge in [0.2, 0.25) is 0 Å². The fourth-order valence-corrected chi connectivity index (χ4v) is 4.20. The van der Waals surface area contributed by atoms with Crippen molar-refractivity contribution in [1.29, 1.82) is 0 Å². The molecular weight excluding hydrogens is 386 g/mol. The van der Waals surface area contributed by atoms with Crippen molar-refractivity contribution < 1.29 is 14.3 Å². The van der Waals surface area contributed by atoms with E-state index in [0.29, 0.717) is 17.5 Å². The van der Waals surface area contributed by atoms with Gasteiger partial charge in [0.1, 0.15) is 17.8 Å². The number of aldehydes is 1. The molecule has 0 aliphatic heterocycles. The largest absolute Gasteiger partial charge is 0.497 e. The smallest absolute Gasteiger partial charge is 0.130 e. The highest BCUT2D eigenvalue weighted by molar-refractivity contribution is 5.70. The summed E-state index contributed by atoms with van der Waals surface area (Å²) in [5.74, 6) is 1.58. The minimum Gasteiger partial charge on any atom is -0.497 e. The van der Waals surface area contributed by atoms with E-state index in [2.05, 4.69) is 64.8 Å². The van der Waals surface area contributed by atoms with E-state index in [4.69, 9.17) is 9.47 Å². The van der Waals surface area contributed by atoms with Crippen molar-refractivity contribution in [3.8, 4) is 11.5 Å². The Balaban J connectivity index is 2.18. The third kappa shape index (κ3) is 5.68. The highest BCUT2D eigenvalue weighted by atomic mass is 16.5. The van der Waals surface area contributed by atoms with Crippen molar-refractivity contribution in [2.45, 2.75) is 58.9 Å². The van der Waals surface area contributed by atoms with E-state index < -0.39 is 5.41 Å². The number of benzene rings is 2. The number of rotatable bonds is 11. The van der Waals surface area contributed by atoms with E-state index in [-0.39, 0.29) is 5.92 Å². The van der Waals surface area contributed by atoms with Gasteiger partial charge in [0, 0.05) is 12.1 Å². The maximum Gasteiger partial charge on any atom is 0.130 e. The van der Waals surface area contributed by atoms with Gasteiger partial charge in [-0.2, -0.15) is 0 Å². The summed E-state index contributed by atoms with van der Waals surface area (Å²) in [4.78, 5) is 14.8. The van der Waals surface area contributed by atoms with Crippen molar-refractivity contribution in [2.75, 3.05) is 27.8 Å². The molecule has 2 aromatic carbocycles. The standard InChI is InChI=1S/C27H39NO3/c1-19(2)27(18-29,24-15-25(30-7)17-26(16-24)31-8)12-9-13-28(6)22(5)23-11-10-20(3)21(4)14-23/h10-11,14-19,22H,9,12-13H2,1-8H3. The fraction of sp³-hybridized carbons (Fsp3) is 0.519. The SMILES string of the molecule is COc1cc(OC)cc(C(C=O)(CCCN(C)C(C)c2ccc(C)c(C)c2)C(C)C)c1. The van der Waals surface area contributed by atoms with Gasteiger partial charge in [0.15, 0.2) is 0 Å². The second-order valence-corrected chi connectivity index (χ2v) is 9.02. The maximum atomic E-state index is 12.5. The number of aryl methyl sites for hydroxylation is 2. The molecule has 170 valence electrons. The topological polar surface area (TPSA) is 38.8 Å². The lowest BCUT2D eigenvalue weighted by Crippen LogP contribution is -2.35. The summed E-state index contributed by atoms with van der Waals surface area (Å²) in [6.45, 7) is 11.7. The third-order valence-corrected chi connectivity index (χ3v) is 6.91. The van der Waals surface area contributed by atoms with E-state index >= 15 is 0 Å². The zero-order valence-electron chi connectivity index (χ0n) is 20.5. The normalized spacial score (nSPS) is 14.4. The molecule has 0 saturated carbocycles. The molecule has 2 atom stereocenters. The van der Waals surface area contributed by atoms with Gasteiger partial charge in [-0.25, -0.2) is 0 Å². The van der Waals surface area contributed by atoms with Gasteiger partial charge in [-0.15, -0.1) is 0 Å². The second kappa shape index (κ2) is 10.8. The molecule has 31 heavy (non-hydrogen) atoms. The summed E-state index contributed by atoms with van der Waals surface area (Å²) >= 11 is 0. The van der Waals surface area contributed by atoms with Crippen LogP contribution in [-0.2, 0) is 10.2 Å². The predicted octanol–water partition coefficient (Wildman–Crippen LogP) is 5.89. The highest BCUT2D eigenvalue weighted by Crippen LogP contribution is 2.39. The minimum atomic E-state index is -0.577. The number of methoxy groups -OCH3 is 2. The van der Waals surface area contributed by atoms with E-state index in [9.17, 15) is 4.79 Å². The van der Waals surface area contributed by atoms with Crippen LogP contribution in [0.1, 0.15) is 61.9 Å². The van der Waals surface area contributed by atoms with Gasteiger partial charge in [-0.1, -0.05) is 32.0 Å². The van der Waals surface area contributed by atoms with Crippen molar-refractivity contribution in [2.24, 2.45) is 5.92 Å². The van der Waals surface area contributed by atoms with Gasteiger partial charge in [0.25, 0.3) is 0 Å². The minimum absolute atomic E-state index is 0.157. The first-order valence-electron chi connectivity index (χ1n) is 11.2. The van der Waals surface area contributed by atoms with Crippen LogP contribution in [0, 0.1) is 19.8 Å². The first-order chi connectivity index (χ1) is 14.7. The molecule has 4 heteroatoms. The Kier molecular flexibility index (Phi) is 8.69. The van der Waals surface area contributed by atoms with Crippen LogP contribution in [-0.4, -0.2) is 39.0 Å². The summed E-state index contributed by atoms with van der Waals surface area (Å²) in [5.41, 5.74) is 4.35. The van der Waals surface area contributed by atoms with Crippen LogP contribution in [0.4, 0.5) is 0 Å². The molecule has 2 rings (SSSR count). The Bertz CT molecular complexity index is 855. The average molecular weight is 426 g/mol. The van der Waals surface area contributed by atoms with Crippen LogP contribution in [0.5, 0.6) is 11.5 Å². The Hall–Kier alpha value is -2.33. The predicted molar refractivity (Wildman–Crippen MR) is 128 cm³/mol. The molecule has 0 aromatic heterocycles. The molecule has 0 amide bonds. The number of hydrogen-bond donors (Lipinski definition) is 0. The second-order valence-electron chi connectivity index (χ2n) is 9.02. The summed E-state index contributed by atoms with van der Waals surface area (Å²) in [6, 6.07) is 12.8. The van der Waals surface area contributed by atoms with Crippen LogP contribution in [0.2, 0.25) is 0 Å². The summed E-state index contributed by atoms with van der Waals surface area (Å²) in [7, 11) is 5.44. The van der Waals surface area contributed by atoms with Gasteiger partial charge >= 0.3 is 0 Å². The number of ether oxygens (including phenoxy) is 2. The summed E-state index contributed by atoms with van der Waals surface area (Å²) in [6.07, 6.45) is 2.81. The molecule has 0 heterocycles. The molecule has 2 aromatic rings. The quantitative estimate of drug-likeness (QED) is 0.421. The van der Waals surface area contributed by atoms with Crippen molar-refractivity contribution >= 4 is 6.29 Å². The van der Waals surface area contributed by atoms with Gasteiger partial charge in [-0.05, 0) is 87.5 Å². The van der Waals surface area contributed by atoms with Gasteiger partial charge < -0.3 is 14.3 Å². The molecule has 4 nitrogen and oxygen atoms in total. The van der Waals surface area contributed by atoms with Crippen LogP contribution < -0.4 is 9.47 Å². The van der Waals surface area contributed by atoms with E-state index in [0.717, 1.165) is 31.2 Å². The van der Waals surface area contributed by atoms with Gasteiger partial charge in [-0.3, -0.25) is 4.90 Å². The van der Waals surface area contributed by atoms with Crippen LogP contribution >= 0.6 is 0 Å². The lowest BCUT2D eigenvalue weighted by molar-refractivity contribution is -0.114. The van der Waals surface area contributed by atoms with E-state index in [1.54, 1.807) is 14.2 Å². The molecule has 2 unspecified atom stereocenters. The molecule has 0 radical (unpaired) electrons. The Morgan fingerprint density at radius 3 is 2.06 bits per heavy atom. The van der Waals surface area contributed by atoms with Crippen LogP contribution in [0.15, 0.2) is 36.4 Å². The molecule has 0 N–H and O–H groups in total. The van der Waals surface area contributed by atoms with E-state index in [1.807, 2.05) is 18.2 Å². The molecule has 0 bridgehead atoms. The molecule has 0 aliphatic carbocycles. The highest BCUT2D eigenvalue weighted by Gasteiger charge is 2.36. The Morgan fingerprint density at radius 1 is 0.968 bits per heavy atom. The van der Waals surface area contributed by atoms with Gasteiger partial charge in [0.05, 0.1) is 19.6 Å². The molecular formula is C27H39NO3. The zero-order valence-corrected chi connectivity index (χ0v) is 20.5. The zero-order chi connectivity index (χ0) is 23.2. The van der Waals surface area contributed by atoms with Crippen molar-refractivity contribution in [3.05, 3.63) is 58.7 Å².